The zero-order valence-corrected chi connectivity index (χ0v) is 11.4. The number of rotatable bonds is 2. The molecule has 2 N–H and O–H groups in total. The minimum absolute atomic E-state index is 0.0258. The highest BCUT2D eigenvalue weighted by molar-refractivity contribution is 6.30. The van der Waals surface area contributed by atoms with Gasteiger partial charge in [-0.2, -0.15) is 0 Å². The summed E-state index contributed by atoms with van der Waals surface area (Å²) in [4.78, 5) is 2.47. The Balaban J connectivity index is 2.36. The van der Waals surface area contributed by atoms with Crippen molar-refractivity contribution in [2.75, 3.05) is 11.4 Å². The summed E-state index contributed by atoms with van der Waals surface area (Å²) in [7, 11) is 0. The summed E-state index contributed by atoms with van der Waals surface area (Å²) < 4.78 is 0. The second-order valence-corrected chi connectivity index (χ2v) is 5.47. The van der Waals surface area contributed by atoms with Gasteiger partial charge < -0.3 is 10.6 Å². The van der Waals surface area contributed by atoms with Crippen LogP contribution in [0, 0.1) is 0 Å². The molecule has 1 heterocycles. The van der Waals surface area contributed by atoms with Crippen LogP contribution in [0.15, 0.2) is 18.2 Å². The number of piperidine rings is 1. The zero-order valence-electron chi connectivity index (χ0n) is 10.6. The van der Waals surface area contributed by atoms with Crippen LogP contribution in [-0.2, 0) is 0 Å². The van der Waals surface area contributed by atoms with Gasteiger partial charge in [0.2, 0.25) is 0 Å². The Hall–Kier alpha value is -0.730. The van der Waals surface area contributed by atoms with Crippen LogP contribution in [0.3, 0.4) is 0 Å². The monoisotopic (exact) mass is 252 g/mol. The molecule has 1 aromatic carbocycles. The molecule has 17 heavy (non-hydrogen) atoms. The Morgan fingerprint density at radius 3 is 2.82 bits per heavy atom. The lowest BCUT2D eigenvalue weighted by Gasteiger charge is -2.37. The molecule has 0 spiro atoms. The SMILES string of the molecule is C[C@H](N)c1cc(Cl)ccc1N1CCCC[C@H]1C. The predicted molar refractivity (Wildman–Crippen MR) is 74.7 cm³/mol. The van der Waals surface area contributed by atoms with Gasteiger partial charge in [0.15, 0.2) is 0 Å². The summed E-state index contributed by atoms with van der Waals surface area (Å²) in [6.07, 6.45) is 3.87. The van der Waals surface area contributed by atoms with Gasteiger partial charge in [-0.1, -0.05) is 11.6 Å². The number of benzene rings is 1. The molecule has 2 nitrogen and oxygen atoms in total. The maximum atomic E-state index is 6.06. The van der Waals surface area contributed by atoms with Gasteiger partial charge >= 0.3 is 0 Å². The van der Waals surface area contributed by atoms with Crippen LogP contribution < -0.4 is 10.6 Å². The van der Waals surface area contributed by atoms with E-state index in [4.69, 9.17) is 17.3 Å². The largest absolute Gasteiger partial charge is 0.369 e. The first-order valence-corrected chi connectivity index (χ1v) is 6.79. The molecule has 1 aliphatic heterocycles. The van der Waals surface area contributed by atoms with Crippen molar-refractivity contribution in [3.8, 4) is 0 Å². The third kappa shape index (κ3) is 2.75. The lowest BCUT2D eigenvalue weighted by atomic mass is 9.99. The van der Waals surface area contributed by atoms with Crippen LogP contribution in [0.1, 0.15) is 44.7 Å². The third-order valence-corrected chi connectivity index (χ3v) is 3.83. The smallest absolute Gasteiger partial charge is 0.0417 e. The van der Waals surface area contributed by atoms with Crippen molar-refractivity contribution >= 4 is 17.3 Å². The standard InChI is InChI=1S/C14H21ClN2/c1-10-5-3-4-8-17(10)14-7-6-12(15)9-13(14)11(2)16/h6-7,9-11H,3-5,8,16H2,1-2H3/t10-,11+/m1/s1. The Kier molecular flexibility index (Phi) is 3.95. The number of hydrogen-bond donors (Lipinski definition) is 1. The van der Waals surface area contributed by atoms with E-state index in [0.29, 0.717) is 6.04 Å². The van der Waals surface area contributed by atoms with Crippen LogP contribution in [0.2, 0.25) is 5.02 Å². The number of hydrogen-bond acceptors (Lipinski definition) is 2. The molecular formula is C14H21ClN2. The van der Waals surface area contributed by atoms with Crippen LogP contribution >= 0.6 is 11.6 Å². The third-order valence-electron chi connectivity index (χ3n) is 3.59. The fraction of sp³-hybridized carbons (Fsp3) is 0.571. The number of halogens is 1. The molecule has 0 bridgehead atoms. The van der Waals surface area contributed by atoms with Crippen LogP contribution in [0.5, 0.6) is 0 Å². The molecule has 0 amide bonds. The summed E-state index contributed by atoms with van der Waals surface area (Å²) in [5.41, 5.74) is 8.47. The first-order chi connectivity index (χ1) is 8.09. The first-order valence-electron chi connectivity index (χ1n) is 6.41. The average molecular weight is 253 g/mol. The fourth-order valence-electron chi connectivity index (χ4n) is 2.61. The summed E-state index contributed by atoms with van der Waals surface area (Å²) in [5.74, 6) is 0. The molecule has 1 fully saturated rings. The number of nitrogens with two attached hydrogens (primary N) is 1. The zero-order chi connectivity index (χ0) is 12.4. The molecule has 0 radical (unpaired) electrons. The summed E-state index contributed by atoms with van der Waals surface area (Å²) >= 11 is 6.06. The van der Waals surface area contributed by atoms with Gasteiger partial charge in [0.1, 0.15) is 0 Å². The van der Waals surface area contributed by atoms with Crippen molar-refractivity contribution in [3.05, 3.63) is 28.8 Å². The predicted octanol–water partition coefficient (Wildman–Crippen LogP) is 3.74. The Morgan fingerprint density at radius 1 is 1.41 bits per heavy atom. The molecule has 0 saturated carbocycles. The molecular weight excluding hydrogens is 232 g/mol. The Bertz CT molecular complexity index is 390. The van der Waals surface area contributed by atoms with Gasteiger partial charge in [0.05, 0.1) is 0 Å². The molecule has 1 aliphatic rings. The summed E-state index contributed by atoms with van der Waals surface area (Å²) in [5, 5.41) is 0.769. The maximum Gasteiger partial charge on any atom is 0.0417 e. The van der Waals surface area contributed by atoms with Gasteiger partial charge in [-0.3, -0.25) is 0 Å². The van der Waals surface area contributed by atoms with Gasteiger partial charge in [-0.05, 0) is 56.9 Å². The topological polar surface area (TPSA) is 29.3 Å². The van der Waals surface area contributed by atoms with E-state index in [-0.39, 0.29) is 6.04 Å². The van der Waals surface area contributed by atoms with E-state index >= 15 is 0 Å². The second-order valence-electron chi connectivity index (χ2n) is 5.03. The normalized spacial score (nSPS) is 22.6. The molecule has 0 aromatic heterocycles. The van der Waals surface area contributed by atoms with Gasteiger partial charge in [-0.15, -0.1) is 0 Å². The molecule has 0 aliphatic carbocycles. The van der Waals surface area contributed by atoms with E-state index in [0.717, 1.165) is 17.1 Å². The Morgan fingerprint density at radius 2 is 2.18 bits per heavy atom. The average Bonchev–Trinajstić information content (AvgIpc) is 2.30. The number of anilines is 1. The number of nitrogens with zero attached hydrogens (tertiary/aromatic N) is 1. The second kappa shape index (κ2) is 5.28. The Labute approximate surface area is 109 Å². The molecule has 3 heteroatoms. The molecule has 94 valence electrons. The minimum Gasteiger partial charge on any atom is -0.369 e. The van der Waals surface area contributed by atoms with Gasteiger partial charge in [0, 0.05) is 29.3 Å². The van der Waals surface area contributed by atoms with Crippen molar-refractivity contribution in [2.24, 2.45) is 5.73 Å². The molecule has 2 atom stereocenters. The van der Waals surface area contributed by atoms with Crippen molar-refractivity contribution in [3.63, 3.8) is 0 Å². The summed E-state index contributed by atoms with van der Waals surface area (Å²) in [6, 6.07) is 6.70. The van der Waals surface area contributed by atoms with Crippen LogP contribution in [0.25, 0.3) is 0 Å². The quantitative estimate of drug-likeness (QED) is 0.869. The summed E-state index contributed by atoms with van der Waals surface area (Å²) in [6.45, 7) is 5.44. The molecule has 0 unspecified atom stereocenters. The van der Waals surface area contributed by atoms with Gasteiger partial charge in [0.25, 0.3) is 0 Å². The maximum absolute atomic E-state index is 6.06. The highest BCUT2D eigenvalue weighted by Gasteiger charge is 2.21. The fourth-order valence-corrected chi connectivity index (χ4v) is 2.79. The lowest BCUT2D eigenvalue weighted by molar-refractivity contribution is 0.483. The highest BCUT2D eigenvalue weighted by atomic mass is 35.5. The van der Waals surface area contributed by atoms with E-state index in [9.17, 15) is 0 Å². The molecule has 2 rings (SSSR count). The van der Waals surface area contributed by atoms with Gasteiger partial charge in [-0.25, -0.2) is 0 Å². The first kappa shape index (κ1) is 12.7. The van der Waals surface area contributed by atoms with E-state index < -0.39 is 0 Å². The minimum atomic E-state index is 0.0258. The van der Waals surface area contributed by atoms with Crippen LogP contribution in [-0.4, -0.2) is 12.6 Å². The highest BCUT2D eigenvalue weighted by Crippen LogP contribution is 2.32. The molecule has 1 aromatic rings. The van der Waals surface area contributed by atoms with Crippen molar-refractivity contribution in [2.45, 2.75) is 45.2 Å². The van der Waals surface area contributed by atoms with Crippen LogP contribution in [0.4, 0.5) is 5.69 Å². The van der Waals surface area contributed by atoms with E-state index in [1.165, 1.54) is 24.9 Å². The van der Waals surface area contributed by atoms with E-state index in [1.807, 2.05) is 19.1 Å². The molecule has 1 saturated heterocycles. The van der Waals surface area contributed by atoms with Crippen molar-refractivity contribution in [1.82, 2.24) is 0 Å². The van der Waals surface area contributed by atoms with Crippen molar-refractivity contribution in [1.29, 1.82) is 0 Å². The van der Waals surface area contributed by atoms with E-state index in [1.54, 1.807) is 0 Å². The lowest BCUT2D eigenvalue weighted by Crippen LogP contribution is -2.38. The van der Waals surface area contributed by atoms with E-state index in [2.05, 4.69) is 17.9 Å². The van der Waals surface area contributed by atoms with Crippen molar-refractivity contribution < 1.29 is 0 Å².